The molecule has 14 heteroatoms. The van der Waals surface area contributed by atoms with E-state index in [0.717, 1.165) is 28.0 Å². The number of carboxylic acid groups (broad SMARTS) is 1. The minimum atomic E-state index is -1.27. The first-order valence-electron chi connectivity index (χ1n) is 10.1. The van der Waals surface area contributed by atoms with Gasteiger partial charge in [0.25, 0.3) is 11.8 Å². The van der Waals surface area contributed by atoms with E-state index in [4.69, 9.17) is 10.6 Å². The van der Waals surface area contributed by atoms with Crippen LogP contribution in [-0.4, -0.2) is 73.6 Å². The van der Waals surface area contributed by atoms with Gasteiger partial charge in [0.2, 0.25) is 5.12 Å². The average molecular weight is 534 g/mol. The van der Waals surface area contributed by atoms with Crippen molar-refractivity contribution < 1.29 is 29.1 Å². The van der Waals surface area contributed by atoms with Gasteiger partial charge in [0.15, 0.2) is 10.8 Å². The number of benzene rings is 1. The van der Waals surface area contributed by atoms with Crippen LogP contribution in [0.15, 0.2) is 53.0 Å². The number of amides is 2. The summed E-state index contributed by atoms with van der Waals surface area (Å²) in [6, 6.07) is 7.71. The van der Waals surface area contributed by atoms with Crippen molar-refractivity contribution in [1.82, 2.24) is 15.2 Å². The van der Waals surface area contributed by atoms with Crippen LogP contribution in [0.3, 0.4) is 0 Å². The number of oxime groups is 1. The summed E-state index contributed by atoms with van der Waals surface area (Å²) in [5.74, 6) is -2.08. The van der Waals surface area contributed by atoms with Gasteiger partial charge in [-0.1, -0.05) is 58.6 Å². The van der Waals surface area contributed by atoms with Crippen LogP contribution in [0.25, 0.3) is 0 Å². The molecule has 0 saturated carbocycles. The van der Waals surface area contributed by atoms with Gasteiger partial charge in [-0.05, 0) is 5.57 Å². The summed E-state index contributed by atoms with van der Waals surface area (Å²) in [5, 5.41) is 15.6. The summed E-state index contributed by atoms with van der Waals surface area (Å²) in [6.07, 6.45) is 1.37. The molecule has 2 aliphatic rings. The van der Waals surface area contributed by atoms with E-state index in [0.29, 0.717) is 21.8 Å². The van der Waals surface area contributed by atoms with E-state index in [9.17, 15) is 24.3 Å². The predicted molar refractivity (Wildman–Crippen MR) is 133 cm³/mol. The van der Waals surface area contributed by atoms with Crippen molar-refractivity contribution >= 4 is 68.6 Å². The Bertz CT molecular complexity index is 1250. The summed E-state index contributed by atoms with van der Waals surface area (Å²) in [5.41, 5.74) is 6.35. The van der Waals surface area contributed by atoms with E-state index in [1.807, 2.05) is 0 Å². The molecule has 4 rings (SSSR count). The molecule has 2 atom stereocenters. The Labute approximate surface area is 211 Å². The molecule has 11 nitrogen and oxygen atoms in total. The number of anilines is 1. The van der Waals surface area contributed by atoms with Crippen LogP contribution in [0.4, 0.5) is 5.13 Å². The fourth-order valence-corrected chi connectivity index (χ4v) is 6.49. The number of β-lactam (4-membered cyclic amide) rings is 1. The predicted octanol–water partition coefficient (Wildman–Crippen LogP) is 1.39. The second kappa shape index (κ2) is 10.5. The van der Waals surface area contributed by atoms with Gasteiger partial charge in [-0.3, -0.25) is 19.3 Å². The molecule has 0 radical (unpaired) electrons. The Morgan fingerprint density at radius 1 is 1.34 bits per heavy atom. The summed E-state index contributed by atoms with van der Waals surface area (Å²) in [4.78, 5) is 60.3. The van der Waals surface area contributed by atoms with Crippen molar-refractivity contribution in [2.75, 3.05) is 24.3 Å². The van der Waals surface area contributed by atoms with Crippen molar-refractivity contribution in [2.24, 2.45) is 5.16 Å². The SMILES string of the molecule is CO/N=C(/C(=O)N[C@@H]1C(=O)N2C(C(=O)O)=C(CSC(=O)c3ccccc3)CS[C@H]12)c1cnc(N)s1. The number of rotatable bonds is 8. The molecular formula is C21H19N5O6S3. The molecule has 1 saturated heterocycles. The van der Waals surface area contributed by atoms with E-state index in [1.165, 1.54) is 25.1 Å². The normalized spacial score (nSPS) is 19.6. The molecule has 2 aromatic rings. The number of hydrogen-bond donors (Lipinski definition) is 3. The third-order valence-corrected chi connectivity index (χ3v) is 8.24. The highest BCUT2D eigenvalue weighted by Gasteiger charge is 2.54. The molecule has 0 aliphatic carbocycles. The van der Waals surface area contributed by atoms with Crippen LogP contribution in [0.2, 0.25) is 0 Å². The second-order valence-electron chi connectivity index (χ2n) is 7.25. The smallest absolute Gasteiger partial charge is 0.352 e. The zero-order valence-corrected chi connectivity index (χ0v) is 20.6. The highest BCUT2D eigenvalue weighted by molar-refractivity contribution is 8.14. The number of nitrogens with two attached hydrogens (primary N) is 1. The Morgan fingerprint density at radius 2 is 2.09 bits per heavy atom. The number of carboxylic acids is 1. The molecule has 35 heavy (non-hydrogen) atoms. The number of nitrogens with zero attached hydrogens (tertiary/aromatic N) is 3. The highest BCUT2D eigenvalue weighted by atomic mass is 32.2. The van der Waals surface area contributed by atoms with Gasteiger partial charge in [0.1, 0.15) is 24.2 Å². The fraction of sp³-hybridized carbons (Fsp3) is 0.238. The maximum Gasteiger partial charge on any atom is 0.352 e. The monoisotopic (exact) mass is 533 g/mol. The summed E-state index contributed by atoms with van der Waals surface area (Å²) < 4.78 is 0. The van der Waals surface area contributed by atoms with Gasteiger partial charge in [-0.25, -0.2) is 9.78 Å². The average Bonchev–Trinajstić information content (AvgIpc) is 3.29. The zero-order chi connectivity index (χ0) is 25.1. The van der Waals surface area contributed by atoms with E-state index >= 15 is 0 Å². The molecule has 0 unspecified atom stereocenters. The van der Waals surface area contributed by atoms with Crippen LogP contribution in [0, 0.1) is 0 Å². The quantitative estimate of drug-likeness (QED) is 0.256. The molecule has 0 spiro atoms. The lowest BCUT2D eigenvalue weighted by Gasteiger charge is -2.49. The van der Waals surface area contributed by atoms with Crippen LogP contribution in [-0.2, 0) is 19.2 Å². The van der Waals surface area contributed by atoms with Crippen LogP contribution < -0.4 is 11.1 Å². The Balaban J connectivity index is 1.47. The van der Waals surface area contributed by atoms with Crippen molar-refractivity contribution in [2.45, 2.75) is 11.4 Å². The van der Waals surface area contributed by atoms with Crippen molar-refractivity contribution in [3.05, 3.63) is 58.2 Å². The van der Waals surface area contributed by atoms with E-state index in [1.54, 1.807) is 30.3 Å². The van der Waals surface area contributed by atoms with Crippen molar-refractivity contribution in [1.29, 1.82) is 0 Å². The number of thioether (sulfide) groups is 2. The van der Waals surface area contributed by atoms with Gasteiger partial charge in [-0.2, -0.15) is 0 Å². The number of aliphatic carboxylic acids is 1. The summed E-state index contributed by atoms with van der Waals surface area (Å²) in [6.45, 7) is 0. The third kappa shape index (κ3) is 5.04. The van der Waals surface area contributed by atoms with Gasteiger partial charge in [0.05, 0.1) is 4.88 Å². The van der Waals surface area contributed by atoms with Gasteiger partial charge in [0, 0.05) is 23.3 Å². The van der Waals surface area contributed by atoms with Gasteiger partial charge >= 0.3 is 5.97 Å². The minimum absolute atomic E-state index is 0.0979. The van der Waals surface area contributed by atoms with Gasteiger partial charge < -0.3 is 21.0 Å². The lowest BCUT2D eigenvalue weighted by molar-refractivity contribution is -0.150. The lowest BCUT2D eigenvalue weighted by Crippen LogP contribution is -2.71. The van der Waals surface area contributed by atoms with Crippen molar-refractivity contribution in [3.8, 4) is 0 Å². The van der Waals surface area contributed by atoms with Crippen LogP contribution >= 0.6 is 34.9 Å². The first kappa shape index (κ1) is 24.8. The topological polar surface area (TPSA) is 164 Å². The number of hydrogen-bond acceptors (Lipinski definition) is 11. The van der Waals surface area contributed by atoms with Crippen LogP contribution in [0.5, 0.6) is 0 Å². The summed E-state index contributed by atoms with van der Waals surface area (Å²) in [7, 11) is 1.27. The number of carbonyl (C=O) groups excluding carboxylic acids is 3. The molecule has 182 valence electrons. The molecule has 4 N–H and O–H groups in total. The number of nitrogens with one attached hydrogen (secondary N) is 1. The van der Waals surface area contributed by atoms with Crippen molar-refractivity contribution in [3.63, 3.8) is 0 Å². The number of aromatic nitrogens is 1. The number of nitrogen functional groups attached to an aromatic ring is 1. The Morgan fingerprint density at radius 3 is 2.71 bits per heavy atom. The summed E-state index contributed by atoms with van der Waals surface area (Å²) >= 11 is 3.32. The minimum Gasteiger partial charge on any atom is -0.477 e. The molecule has 2 amide bonds. The van der Waals surface area contributed by atoms with E-state index < -0.39 is 29.2 Å². The number of carbonyl (C=O) groups is 4. The van der Waals surface area contributed by atoms with E-state index in [2.05, 4.69) is 15.5 Å². The largest absolute Gasteiger partial charge is 0.477 e. The first-order valence-corrected chi connectivity index (χ1v) is 12.9. The molecule has 0 bridgehead atoms. The maximum absolute atomic E-state index is 12.9. The van der Waals surface area contributed by atoms with Gasteiger partial charge in [-0.15, -0.1) is 11.8 Å². The fourth-order valence-electron chi connectivity index (χ4n) is 3.50. The third-order valence-electron chi connectivity index (χ3n) is 5.08. The molecule has 1 aromatic heterocycles. The number of fused-ring (bicyclic) bond motifs is 1. The second-order valence-corrected chi connectivity index (χ2v) is 10.4. The van der Waals surface area contributed by atoms with E-state index in [-0.39, 0.29) is 27.4 Å². The molecule has 1 aromatic carbocycles. The Hall–Kier alpha value is -3.36. The standard InChI is InChI=1S/C21H19N5O6S3/c1-32-25-13(12-7-23-21(22)35-12)16(27)24-14-17(28)26-15(19(29)30)11(8-33-18(14)26)9-34-20(31)10-5-3-2-4-6-10/h2-7,14,18H,8-9H2,1H3,(H2,22,23)(H,24,27)(H,29,30)/b25-13+/t14-,18-/m1/s1. The molecular weight excluding hydrogens is 514 g/mol. The molecule has 1 fully saturated rings. The zero-order valence-electron chi connectivity index (χ0n) is 18.2. The Kier molecular flexibility index (Phi) is 7.42. The molecule has 3 heterocycles. The maximum atomic E-state index is 12.9. The molecule has 2 aliphatic heterocycles. The lowest BCUT2D eigenvalue weighted by atomic mass is 10.0. The first-order chi connectivity index (χ1) is 16.8. The number of thiazole rings is 1. The van der Waals surface area contributed by atoms with Crippen LogP contribution in [0.1, 0.15) is 15.2 Å². The highest BCUT2D eigenvalue weighted by Crippen LogP contribution is 2.41.